The molecule has 42 heavy (non-hydrogen) atoms. The van der Waals surface area contributed by atoms with Crippen LogP contribution in [0.5, 0.6) is 0 Å². The number of sulfonamides is 1. The maximum Gasteiger partial charge on any atom is 0.282 e. The minimum absolute atomic E-state index is 0.0194. The number of carbonyl (C=O) groups is 1. The van der Waals surface area contributed by atoms with Crippen LogP contribution in [0.4, 0.5) is 5.69 Å². The minimum Gasteiger partial charge on any atom is -0.326 e. The summed E-state index contributed by atoms with van der Waals surface area (Å²) in [5.74, 6) is -0.155. The normalized spacial score (nSPS) is 12.4. The van der Waals surface area contributed by atoms with Crippen LogP contribution in [0.15, 0.2) is 118 Å². The minimum atomic E-state index is -4.11. The predicted molar refractivity (Wildman–Crippen MR) is 164 cm³/mol. The molecule has 1 amide bonds. The quantitative estimate of drug-likeness (QED) is 0.227. The van der Waals surface area contributed by atoms with Crippen LogP contribution in [0, 0.1) is 0 Å². The van der Waals surface area contributed by atoms with Gasteiger partial charge in [0.15, 0.2) is 5.82 Å². The molecular weight excluding hydrogens is 574 g/mol. The molecule has 0 saturated carbocycles. The Bertz CT molecular complexity index is 1930. The molecule has 0 aliphatic rings. The first-order chi connectivity index (χ1) is 20.2. The van der Waals surface area contributed by atoms with Crippen LogP contribution in [0.3, 0.4) is 0 Å². The highest BCUT2D eigenvalue weighted by molar-refractivity contribution is 7.89. The third-order valence-corrected chi connectivity index (χ3v) is 8.09. The van der Waals surface area contributed by atoms with Crippen molar-refractivity contribution in [2.24, 2.45) is 5.10 Å². The Hall–Kier alpha value is -4.64. The fraction of sp³-hybridized carbons (Fsp3) is 0.0968. The van der Waals surface area contributed by atoms with Crippen LogP contribution in [-0.2, 0) is 21.2 Å². The van der Waals surface area contributed by atoms with E-state index in [9.17, 15) is 18.0 Å². The molecular formula is C31H26ClN5O4S. The second-order valence-corrected chi connectivity index (χ2v) is 11.6. The Morgan fingerprint density at radius 2 is 1.62 bits per heavy atom. The first-order valence-corrected chi connectivity index (χ1v) is 14.8. The summed E-state index contributed by atoms with van der Waals surface area (Å²) in [6.45, 7) is 1.37. The number of fused-ring (bicyclic) bond motifs is 1. The van der Waals surface area contributed by atoms with Gasteiger partial charge in [-0.2, -0.15) is 9.78 Å². The molecule has 9 nitrogen and oxygen atoms in total. The van der Waals surface area contributed by atoms with E-state index in [1.165, 1.54) is 37.4 Å². The van der Waals surface area contributed by atoms with E-state index in [-0.39, 0.29) is 23.0 Å². The summed E-state index contributed by atoms with van der Waals surface area (Å²) in [5.41, 5.74) is 1.93. The zero-order chi connectivity index (χ0) is 29.7. The third kappa shape index (κ3) is 6.80. The lowest BCUT2D eigenvalue weighted by atomic mass is 10.1. The first kappa shape index (κ1) is 28.9. The standard InChI is InChI=1S/C31H26ClN5O4S/c1-21(38)34-25-15-17-26(18-16-25)42(40,41)36-29(19-22-7-3-2-4-8-22)30-35-28-10-6-5-9-27(28)31(39)37(30)33-20-23-11-13-24(32)14-12-23/h2-18,20,29,36H,19H2,1H3,(H,34,38)/b33-20+. The maximum absolute atomic E-state index is 13.7. The van der Waals surface area contributed by atoms with Gasteiger partial charge in [0.1, 0.15) is 0 Å². The molecule has 212 valence electrons. The summed E-state index contributed by atoms with van der Waals surface area (Å²) in [4.78, 5) is 29.8. The lowest BCUT2D eigenvalue weighted by Gasteiger charge is -2.21. The van der Waals surface area contributed by atoms with E-state index in [1.54, 1.807) is 48.5 Å². The molecule has 0 radical (unpaired) electrons. The predicted octanol–water partition coefficient (Wildman–Crippen LogP) is 5.15. The molecule has 5 aromatic rings. The van der Waals surface area contributed by atoms with Crippen molar-refractivity contribution in [1.29, 1.82) is 0 Å². The molecule has 2 N–H and O–H groups in total. The summed E-state index contributed by atoms with van der Waals surface area (Å²) < 4.78 is 31.2. The fourth-order valence-corrected chi connectivity index (χ4v) is 5.68. The lowest BCUT2D eigenvalue weighted by Crippen LogP contribution is -2.35. The number of hydrogen-bond acceptors (Lipinski definition) is 6. The highest BCUT2D eigenvalue weighted by atomic mass is 35.5. The number of aromatic nitrogens is 2. The van der Waals surface area contributed by atoms with Crippen LogP contribution in [0.25, 0.3) is 10.9 Å². The van der Waals surface area contributed by atoms with Crippen LogP contribution >= 0.6 is 11.6 Å². The topological polar surface area (TPSA) is 123 Å². The van der Waals surface area contributed by atoms with Gasteiger partial charge in [0.2, 0.25) is 15.9 Å². The van der Waals surface area contributed by atoms with E-state index in [0.29, 0.717) is 27.2 Å². The van der Waals surface area contributed by atoms with E-state index in [0.717, 1.165) is 10.2 Å². The number of rotatable bonds is 9. The lowest BCUT2D eigenvalue weighted by molar-refractivity contribution is -0.114. The molecule has 1 aromatic heterocycles. The van der Waals surface area contributed by atoms with Gasteiger partial charge in [0.05, 0.1) is 28.1 Å². The SMILES string of the molecule is CC(=O)Nc1ccc(S(=O)(=O)NC(Cc2ccccc2)c2nc3ccccc3c(=O)n2/N=C/c2ccc(Cl)cc2)cc1. The molecule has 11 heteroatoms. The van der Waals surface area contributed by atoms with Crippen molar-refractivity contribution in [2.45, 2.75) is 24.3 Å². The van der Waals surface area contributed by atoms with Gasteiger partial charge in [0, 0.05) is 17.6 Å². The molecule has 0 spiro atoms. The van der Waals surface area contributed by atoms with Crippen molar-refractivity contribution >= 4 is 50.3 Å². The Morgan fingerprint density at radius 1 is 0.952 bits per heavy atom. The highest BCUT2D eigenvalue weighted by Crippen LogP contribution is 2.23. The average Bonchev–Trinajstić information content (AvgIpc) is 2.97. The number of halogens is 1. The number of nitrogens with zero attached hydrogens (tertiary/aromatic N) is 3. The van der Waals surface area contributed by atoms with Crippen LogP contribution in [-0.4, -0.2) is 30.2 Å². The van der Waals surface area contributed by atoms with E-state index in [2.05, 4.69) is 15.1 Å². The molecule has 0 aliphatic carbocycles. The Labute approximate surface area is 247 Å². The Morgan fingerprint density at radius 3 is 2.31 bits per heavy atom. The Kier molecular flexibility index (Phi) is 8.58. The summed E-state index contributed by atoms with van der Waals surface area (Å²) in [6.07, 6.45) is 1.68. The maximum atomic E-state index is 13.7. The summed E-state index contributed by atoms with van der Waals surface area (Å²) >= 11 is 6.01. The van der Waals surface area contributed by atoms with Crippen molar-refractivity contribution in [3.63, 3.8) is 0 Å². The number of benzene rings is 4. The molecule has 1 heterocycles. The smallest absolute Gasteiger partial charge is 0.282 e. The highest BCUT2D eigenvalue weighted by Gasteiger charge is 2.27. The second-order valence-electron chi connectivity index (χ2n) is 9.47. The molecule has 0 bridgehead atoms. The molecule has 1 unspecified atom stereocenters. The molecule has 0 aliphatic heterocycles. The van der Waals surface area contributed by atoms with Gasteiger partial charge in [0.25, 0.3) is 5.56 Å². The molecule has 0 saturated heterocycles. The van der Waals surface area contributed by atoms with E-state index < -0.39 is 21.6 Å². The van der Waals surface area contributed by atoms with Gasteiger partial charge in [-0.15, -0.1) is 0 Å². The van der Waals surface area contributed by atoms with E-state index in [4.69, 9.17) is 16.6 Å². The average molecular weight is 600 g/mol. The van der Waals surface area contributed by atoms with Gasteiger partial charge in [-0.25, -0.2) is 18.1 Å². The first-order valence-electron chi connectivity index (χ1n) is 13.0. The van der Waals surface area contributed by atoms with Crippen molar-refractivity contribution in [3.05, 3.63) is 135 Å². The molecule has 1 atom stereocenters. The van der Waals surface area contributed by atoms with Crippen LogP contribution in [0.2, 0.25) is 5.02 Å². The summed E-state index contributed by atoms with van der Waals surface area (Å²) in [5, 5.41) is 7.97. The molecule has 0 fully saturated rings. The largest absolute Gasteiger partial charge is 0.326 e. The van der Waals surface area contributed by atoms with Gasteiger partial charge in [-0.3, -0.25) is 9.59 Å². The van der Waals surface area contributed by atoms with Gasteiger partial charge < -0.3 is 5.32 Å². The van der Waals surface area contributed by atoms with Crippen molar-refractivity contribution in [1.82, 2.24) is 14.4 Å². The monoisotopic (exact) mass is 599 g/mol. The summed E-state index contributed by atoms with van der Waals surface area (Å²) in [6, 6.07) is 27.8. The third-order valence-electron chi connectivity index (χ3n) is 6.35. The van der Waals surface area contributed by atoms with Gasteiger partial charge in [-0.1, -0.05) is 66.2 Å². The number of hydrogen-bond donors (Lipinski definition) is 2. The van der Waals surface area contributed by atoms with Crippen LogP contribution in [0.1, 0.15) is 29.9 Å². The van der Waals surface area contributed by atoms with Crippen LogP contribution < -0.4 is 15.6 Å². The van der Waals surface area contributed by atoms with Crippen molar-refractivity contribution in [3.8, 4) is 0 Å². The van der Waals surface area contributed by atoms with Crippen molar-refractivity contribution < 1.29 is 13.2 Å². The van der Waals surface area contributed by atoms with Gasteiger partial charge >= 0.3 is 0 Å². The summed E-state index contributed by atoms with van der Waals surface area (Å²) in [7, 11) is -4.11. The number of anilines is 1. The fourth-order valence-electron chi connectivity index (χ4n) is 4.36. The molecule has 4 aromatic carbocycles. The van der Waals surface area contributed by atoms with E-state index >= 15 is 0 Å². The zero-order valence-corrected chi connectivity index (χ0v) is 24.0. The van der Waals surface area contributed by atoms with E-state index in [1.807, 2.05) is 30.3 Å². The molecule has 5 rings (SSSR count). The number of amides is 1. The van der Waals surface area contributed by atoms with Crippen molar-refractivity contribution in [2.75, 3.05) is 5.32 Å². The van der Waals surface area contributed by atoms with Gasteiger partial charge in [-0.05, 0) is 66.1 Å². The number of nitrogens with one attached hydrogen (secondary N) is 2. The number of para-hydroxylation sites is 1. The Balaban J connectivity index is 1.62. The zero-order valence-electron chi connectivity index (χ0n) is 22.4. The number of carbonyl (C=O) groups excluding carboxylic acids is 1. The second kappa shape index (κ2) is 12.5.